The summed E-state index contributed by atoms with van der Waals surface area (Å²) in [5.41, 5.74) is 9.08. The summed E-state index contributed by atoms with van der Waals surface area (Å²) in [7, 11) is 0. The molecule has 0 spiro atoms. The molecule has 0 bridgehead atoms. The fourth-order valence-corrected chi connectivity index (χ4v) is 4.68. The summed E-state index contributed by atoms with van der Waals surface area (Å²) in [6, 6.07) is 26.2. The van der Waals surface area contributed by atoms with Gasteiger partial charge in [0.1, 0.15) is 17.4 Å². The molecule has 3 aromatic rings. The van der Waals surface area contributed by atoms with Gasteiger partial charge in [0.25, 0.3) is 0 Å². The summed E-state index contributed by atoms with van der Waals surface area (Å²) < 4.78 is 5.87. The van der Waals surface area contributed by atoms with Crippen LogP contribution < -0.4 is 5.73 Å². The standard InChI is InChI=1S/C26H20N2O2/c27-15-21-24(20-12-6-10-17-9-4-5-11-19(17)20)25-22(29)13-18(14-23(25)30-26(21)28)16-7-2-1-3-8-16/h1-12,18,24H,13-14,28H2. The third-order valence-electron chi connectivity index (χ3n) is 6.07. The Morgan fingerprint density at radius 1 is 0.933 bits per heavy atom. The quantitative estimate of drug-likeness (QED) is 0.662. The van der Waals surface area contributed by atoms with E-state index in [1.807, 2.05) is 72.8 Å². The maximum absolute atomic E-state index is 13.4. The van der Waals surface area contributed by atoms with Gasteiger partial charge in [-0.1, -0.05) is 72.8 Å². The van der Waals surface area contributed by atoms with Crippen molar-refractivity contribution < 1.29 is 9.53 Å². The van der Waals surface area contributed by atoms with Crippen LogP contribution >= 0.6 is 0 Å². The summed E-state index contributed by atoms with van der Waals surface area (Å²) in [6.45, 7) is 0. The number of nitrogens with zero attached hydrogens (tertiary/aromatic N) is 1. The molecule has 1 aliphatic carbocycles. The normalized spacial score (nSPS) is 21.2. The molecule has 3 aromatic carbocycles. The molecule has 0 amide bonds. The molecule has 1 heterocycles. The minimum Gasteiger partial charge on any atom is -0.444 e. The highest BCUT2D eigenvalue weighted by atomic mass is 16.5. The van der Waals surface area contributed by atoms with Gasteiger partial charge in [0.05, 0.1) is 5.92 Å². The molecule has 4 nitrogen and oxygen atoms in total. The van der Waals surface area contributed by atoms with Crippen molar-refractivity contribution in [3.8, 4) is 6.07 Å². The summed E-state index contributed by atoms with van der Waals surface area (Å²) in [5.74, 6) is 0.240. The van der Waals surface area contributed by atoms with Gasteiger partial charge in [-0.05, 0) is 27.8 Å². The van der Waals surface area contributed by atoms with Crippen LogP contribution in [0.25, 0.3) is 10.8 Å². The molecular formula is C26H20N2O2. The zero-order chi connectivity index (χ0) is 20.7. The third kappa shape index (κ3) is 2.87. The van der Waals surface area contributed by atoms with Gasteiger partial charge in [-0.25, -0.2) is 0 Å². The zero-order valence-corrected chi connectivity index (χ0v) is 16.3. The van der Waals surface area contributed by atoms with E-state index < -0.39 is 5.92 Å². The topological polar surface area (TPSA) is 76.1 Å². The number of fused-ring (bicyclic) bond motifs is 1. The SMILES string of the molecule is N#CC1=C(N)OC2=C(C(=O)CC(c3ccccc3)C2)C1c1cccc2ccccc12. The number of nitrogens with two attached hydrogens (primary N) is 1. The van der Waals surface area contributed by atoms with Crippen molar-refractivity contribution in [1.29, 1.82) is 5.26 Å². The molecule has 2 aliphatic rings. The van der Waals surface area contributed by atoms with E-state index in [0.29, 0.717) is 29.7 Å². The van der Waals surface area contributed by atoms with E-state index in [-0.39, 0.29) is 17.6 Å². The monoisotopic (exact) mass is 392 g/mol. The van der Waals surface area contributed by atoms with Crippen LogP contribution in [-0.4, -0.2) is 5.78 Å². The summed E-state index contributed by atoms with van der Waals surface area (Å²) in [4.78, 5) is 13.4. The van der Waals surface area contributed by atoms with Crippen LogP contribution in [0.4, 0.5) is 0 Å². The van der Waals surface area contributed by atoms with E-state index >= 15 is 0 Å². The maximum atomic E-state index is 13.4. The maximum Gasteiger partial charge on any atom is 0.205 e. The Kier molecular flexibility index (Phi) is 4.37. The van der Waals surface area contributed by atoms with Crippen molar-refractivity contribution in [1.82, 2.24) is 0 Å². The van der Waals surface area contributed by atoms with Crippen LogP contribution in [0, 0.1) is 11.3 Å². The lowest BCUT2D eigenvalue weighted by atomic mass is 9.73. The first-order valence-corrected chi connectivity index (χ1v) is 10.0. The second-order valence-electron chi connectivity index (χ2n) is 7.77. The summed E-state index contributed by atoms with van der Waals surface area (Å²) >= 11 is 0. The molecule has 0 aromatic heterocycles. The molecule has 0 saturated heterocycles. The number of rotatable bonds is 2. The number of ether oxygens (including phenoxy) is 1. The van der Waals surface area contributed by atoms with Gasteiger partial charge in [-0.3, -0.25) is 4.79 Å². The van der Waals surface area contributed by atoms with E-state index in [9.17, 15) is 10.1 Å². The minimum absolute atomic E-state index is 0.0169. The largest absolute Gasteiger partial charge is 0.444 e. The summed E-state index contributed by atoms with van der Waals surface area (Å²) in [6.07, 6.45) is 0.984. The molecule has 1 aliphatic heterocycles. The van der Waals surface area contributed by atoms with Crippen LogP contribution in [0.3, 0.4) is 0 Å². The second kappa shape index (κ2) is 7.20. The number of hydrogen-bond acceptors (Lipinski definition) is 4. The lowest BCUT2D eigenvalue weighted by molar-refractivity contribution is -0.117. The first kappa shape index (κ1) is 18.2. The predicted octanol–water partition coefficient (Wildman–Crippen LogP) is 5.05. The molecule has 0 saturated carbocycles. The van der Waals surface area contributed by atoms with Gasteiger partial charge in [-0.15, -0.1) is 0 Å². The van der Waals surface area contributed by atoms with E-state index in [1.165, 1.54) is 0 Å². The van der Waals surface area contributed by atoms with Gasteiger partial charge in [0.2, 0.25) is 5.88 Å². The summed E-state index contributed by atoms with van der Waals surface area (Å²) in [5, 5.41) is 11.9. The van der Waals surface area contributed by atoms with Crippen LogP contribution in [-0.2, 0) is 9.53 Å². The fraction of sp³-hybridized carbons (Fsp3) is 0.154. The molecule has 30 heavy (non-hydrogen) atoms. The highest BCUT2D eigenvalue weighted by Gasteiger charge is 2.41. The molecule has 2 N–H and O–H groups in total. The Labute approximate surface area is 174 Å². The Balaban J connectivity index is 1.67. The number of benzene rings is 3. The molecule has 5 rings (SSSR count). The van der Waals surface area contributed by atoms with Crippen molar-refractivity contribution in [2.45, 2.75) is 24.7 Å². The Morgan fingerprint density at radius 2 is 1.67 bits per heavy atom. The Bertz CT molecular complexity index is 1260. The molecule has 146 valence electrons. The van der Waals surface area contributed by atoms with Gasteiger partial charge >= 0.3 is 0 Å². The lowest BCUT2D eigenvalue weighted by Gasteiger charge is -2.34. The molecular weight excluding hydrogens is 372 g/mol. The van der Waals surface area contributed by atoms with Gasteiger partial charge in [0, 0.05) is 18.4 Å². The zero-order valence-electron chi connectivity index (χ0n) is 16.3. The van der Waals surface area contributed by atoms with Gasteiger partial charge in [0.15, 0.2) is 5.78 Å². The van der Waals surface area contributed by atoms with Crippen LogP contribution in [0.2, 0.25) is 0 Å². The lowest BCUT2D eigenvalue weighted by Crippen LogP contribution is -2.30. The van der Waals surface area contributed by atoms with Crippen molar-refractivity contribution >= 4 is 16.6 Å². The number of Topliss-reactive ketones (excluding diaryl/α,β-unsaturated/α-hetero) is 1. The van der Waals surface area contributed by atoms with E-state index in [1.54, 1.807) is 0 Å². The van der Waals surface area contributed by atoms with Crippen molar-refractivity contribution in [3.63, 3.8) is 0 Å². The van der Waals surface area contributed by atoms with E-state index in [0.717, 1.165) is 21.9 Å². The average molecular weight is 392 g/mol. The number of hydrogen-bond donors (Lipinski definition) is 1. The molecule has 2 atom stereocenters. The highest BCUT2D eigenvalue weighted by molar-refractivity contribution is 6.01. The van der Waals surface area contributed by atoms with Gasteiger partial charge in [-0.2, -0.15) is 5.26 Å². The molecule has 0 fully saturated rings. The van der Waals surface area contributed by atoms with Crippen molar-refractivity contribution in [2.24, 2.45) is 5.73 Å². The molecule has 2 unspecified atom stereocenters. The van der Waals surface area contributed by atoms with E-state index in [4.69, 9.17) is 10.5 Å². The smallest absolute Gasteiger partial charge is 0.205 e. The number of ketones is 1. The number of allylic oxidation sites excluding steroid dienone is 3. The third-order valence-corrected chi connectivity index (χ3v) is 6.07. The molecule has 4 heteroatoms. The minimum atomic E-state index is -0.505. The van der Waals surface area contributed by atoms with Crippen LogP contribution in [0.5, 0.6) is 0 Å². The van der Waals surface area contributed by atoms with Crippen LogP contribution in [0.15, 0.2) is 95.6 Å². The first-order chi connectivity index (χ1) is 14.7. The molecule has 0 radical (unpaired) electrons. The van der Waals surface area contributed by atoms with Crippen molar-refractivity contribution in [2.75, 3.05) is 0 Å². The number of carbonyl (C=O) groups is 1. The van der Waals surface area contributed by atoms with E-state index in [2.05, 4.69) is 6.07 Å². The fourth-order valence-electron chi connectivity index (χ4n) is 4.68. The van der Waals surface area contributed by atoms with Crippen LogP contribution in [0.1, 0.15) is 35.8 Å². The predicted molar refractivity (Wildman–Crippen MR) is 115 cm³/mol. The Hall–Kier alpha value is -3.84. The second-order valence-corrected chi connectivity index (χ2v) is 7.77. The average Bonchev–Trinajstić information content (AvgIpc) is 2.78. The van der Waals surface area contributed by atoms with Gasteiger partial charge < -0.3 is 10.5 Å². The Morgan fingerprint density at radius 3 is 2.47 bits per heavy atom. The number of nitriles is 1. The number of carbonyl (C=O) groups excluding carboxylic acids is 1. The first-order valence-electron chi connectivity index (χ1n) is 10.0. The highest BCUT2D eigenvalue weighted by Crippen LogP contribution is 2.47. The van der Waals surface area contributed by atoms with Crippen molar-refractivity contribution in [3.05, 3.63) is 107 Å².